The zero-order chi connectivity index (χ0) is 10.1. The van der Waals surface area contributed by atoms with Crippen molar-refractivity contribution in [2.45, 2.75) is 6.23 Å². The molecule has 14 heavy (non-hydrogen) atoms. The molecular weight excluding hydrogens is 182 g/mol. The van der Waals surface area contributed by atoms with Gasteiger partial charge in [-0.05, 0) is 12.1 Å². The van der Waals surface area contributed by atoms with E-state index in [9.17, 15) is 10.2 Å². The highest BCUT2D eigenvalue weighted by Crippen LogP contribution is 2.25. The molecule has 0 spiro atoms. The maximum absolute atomic E-state index is 9.44. The highest BCUT2D eigenvalue weighted by atomic mass is 16.3. The fraction of sp³-hybridized carbons (Fsp3) is 0.111. The zero-order valence-corrected chi connectivity index (χ0v) is 7.10. The van der Waals surface area contributed by atoms with E-state index in [4.69, 9.17) is 5.26 Å². The van der Waals surface area contributed by atoms with E-state index in [1.54, 1.807) is 6.07 Å². The molecule has 0 aromatic carbocycles. The van der Waals surface area contributed by atoms with E-state index in [-0.39, 0.29) is 17.1 Å². The second-order valence-corrected chi connectivity index (χ2v) is 2.85. The molecule has 2 rings (SSSR count). The molecular formula is C9H7N3O2. The third-order valence-electron chi connectivity index (χ3n) is 1.87. The van der Waals surface area contributed by atoms with Gasteiger partial charge in [-0.15, -0.1) is 0 Å². The van der Waals surface area contributed by atoms with Crippen molar-refractivity contribution in [3.63, 3.8) is 0 Å². The van der Waals surface area contributed by atoms with E-state index < -0.39 is 6.23 Å². The Kier molecular flexibility index (Phi) is 1.84. The maximum Gasteiger partial charge on any atom is 0.147 e. The van der Waals surface area contributed by atoms with Crippen molar-refractivity contribution >= 4 is 11.4 Å². The van der Waals surface area contributed by atoms with Gasteiger partial charge >= 0.3 is 0 Å². The number of rotatable bonds is 0. The van der Waals surface area contributed by atoms with Crippen molar-refractivity contribution in [3.05, 3.63) is 29.6 Å². The van der Waals surface area contributed by atoms with E-state index in [0.29, 0.717) is 5.69 Å². The van der Waals surface area contributed by atoms with Crippen molar-refractivity contribution in [1.29, 1.82) is 5.26 Å². The molecule has 0 saturated carbocycles. The first-order valence-electron chi connectivity index (χ1n) is 3.97. The van der Waals surface area contributed by atoms with Crippen LogP contribution in [0, 0.1) is 11.3 Å². The molecule has 5 heteroatoms. The van der Waals surface area contributed by atoms with Gasteiger partial charge in [0.1, 0.15) is 29.4 Å². The summed E-state index contributed by atoms with van der Waals surface area (Å²) >= 11 is 0. The Hall–Kier alpha value is -2.06. The lowest BCUT2D eigenvalue weighted by Crippen LogP contribution is -2.21. The van der Waals surface area contributed by atoms with Crippen LogP contribution in [0.3, 0.4) is 0 Å². The number of aliphatic hydroxyl groups is 2. The minimum atomic E-state index is -0.919. The number of anilines is 1. The zero-order valence-electron chi connectivity index (χ0n) is 7.10. The van der Waals surface area contributed by atoms with Crippen LogP contribution in [0.5, 0.6) is 0 Å². The van der Waals surface area contributed by atoms with Crippen LogP contribution in [-0.2, 0) is 0 Å². The largest absolute Gasteiger partial charge is 0.506 e. The van der Waals surface area contributed by atoms with Crippen molar-refractivity contribution in [1.82, 2.24) is 4.98 Å². The maximum atomic E-state index is 9.44. The van der Waals surface area contributed by atoms with Crippen molar-refractivity contribution < 1.29 is 10.2 Å². The van der Waals surface area contributed by atoms with Crippen LogP contribution in [0.25, 0.3) is 5.76 Å². The smallest absolute Gasteiger partial charge is 0.147 e. The quantitative estimate of drug-likeness (QED) is 0.556. The van der Waals surface area contributed by atoms with Crippen molar-refractivity contribution in [2.75, 3.05) is 5.32 Å². The molecule has 0 bridgehead atoms. The van der Waals surface area contributed by atoms with Gasteiger partial charge < -0.3 is 15.5 Å². The Morgan fingerprint density at radius 2 is 2.29 bits per heavy atom. The third-order valence-corrected chi connectivity index (χ3v) is 1.87. The lowest BCUT2D eigenvalue weighted by molar-refractivity contribution is 0.248. The van der Waals surface area contributed by atoms with Gasteiger partial charge in [-0.25, -0.2) is 4.98 Å². The van der Waals surface area contributed by atoms with Gasteiger partial charge in [-0.1, -0.05) is 0 Å². The van der Waals surface area contributed by atoms with Crippen LogP contribution < -0.4 is 5.32 Å². The second kappa shape index (κ2) is 3.01. The number of aliphatic hydroxyl groups excluding tert-OH is 2. The van der Waals surface area contributed by atoms with E-state index in [0.717, 1.165) is 0 Å². The SMILES string of the molecule is N#Cc1ccc2c(n1)C(O)=CC(O)N2. The monoisotopic (exact) mass is 189 g/mol. The summed E-state index contributed by atoms with van der Waals surface area (Å²) in [6.45, 7) is 0. The predicted molar refractivity (Wildman–Crippen MR) is 49.2 cm³/mol. The van der Waals surface area contributed by atoms with Crippen LogP contribution in [0.2, 0.25) is 0 Å². The molecule has 1 atom stereocenters. The molecule has 5 nitrogen and oxygen atoms in total. The van der Waals surface area contributed by atoms with Crippen LogP contribution in [0.15, 0.2) is 18.2 Å². The predicted octanol–water partition coefficient (Wildman–Crippen LogP) is 0.596. The van der Waals surface area contributed by atoms with Gasteiger partial charge in [-0.3, -0.25) is 0 Å². The van der Waals surface area contributed by atoms with Crippen molar-refractivity contribution in [3.8, 4) is 6.07 Å². The standard InChI is InChI=1S/C9H7N3O2/c10-4-5-1-2-6-9(11-5)7(13)3-8(14)12-6/h1-3,8,12-14H. The molecule has 0 radical (unpaired) electrons. The van der Waals surface area contributed by atoms with E-state index in [2.05, 4.69) is 10.3 Å². The Bertz CT molecular complexity index is 448. The first kappa shape index (κ1) is 8.53. The molecule has 0 aliphatic carbocycles. The van der Waals surface area contributed by atoms with Crippen LogP contribution in [-0.4, -0.2) is 21.4 Å². The van der Waals surface area contributed by atoms with Gasteiger partial charge in [0.2, 0.25) is 0 Å². The average Bonchev–Trinajstić information content (AvgIpc) is 2.17. The van der Waals surface area contributed by atoms with E-state index >= 15 is 0 Å². The summed E-state index contributed by atoms with van der Waals surface area (Å²) in [4.78, 5) is 3.89. The van der Waals surface area contributed by atoms with Crippen molar-refractivity contribution in [2.24, 2.45) is 0 Å². The minimum absolute atomic E-state index is 0.122. The lowest BCUT2D eigenvalue weighted by Gasteiger charge is -2.18. The van der Waals surface area contributed by atoms with E-state index in [1.807, 2.05) is 6.07 Å². The van der Waals surface area contributed by atoms with E-state index in [1.165, 1.54) is 12.1 Å². The summed E-state index contributed by atoms with van der Waals surface area (Å²) in [5.74, 6) is -0.122. The summed E-state index contributed by atoms with van der Waals surface area (Å²) in [6.07, 6.45) is 0.300. The number of hydrogen-bond acceptors (Lipinski definition) is 5. The Balaban J connectivity index is 2.55. The normalized spacial score (nSPS) is 18.9. The number of pyridine rings is 1. The number of nitrogens with zero attached hydrogens (tertiary/aromatic N) is 2. The van der Waals surface area contributed by atoms with Gasteiger partial charge in [-0.2, -0.15) is 5.26 Å². The molecule has 1 aromatic heterocycles. The minimum Gasteiger partial charge on any atom is -0.506 e. The summed E-state index contributed by atoms with van der Waals surface area (Å²) < 4.78 is 0. The molecule has 2 heterocycles. The Morgan fingerprint density at radius 1 is 1.50 bits per heavy atom. The molecule has 0 amide bonds. The Morgan fingerprint density at radius 3 is 3.00 bits per heavy atom. The first-order valence-corrected chi connectivity index (χ1v) is 3.97. The number of hydrogen-bond donors (Lipinski definition) is 3. The van der Waals surface area contributed by atoms with Gasteiger partial charge in [0.25, 0.3) is 0 Å². The fourth-order valence-electron chi connectivity index (χ4n) is 1.26. The molecule has 1 aliphatic heterocycles. The van der Waals surface area contributed by atoms with Gasteiger partial charge in [0.05, 0.1) is 5.69 Å². The topological polar surface area (TPSA) is 89.2 Å². The fourth-order valence-corrected chi connectivity index (χ4v) is 1.26. The summed E-state index contributed by atoms with van der Waals surface area (Å²) in [7, 11) is 0. The Labute approximate surface area is 79.9 Å². The first-order chi connectivity index (χ1) is 6.70. The number of aromatic nitrogens is 1. The molecule has 0 fully saturated rings. The third kappa shape index (κ3) is 1.28. The van der Waals surface area contributed by atoms with Crippen LogP contribution in [0.1, 0.15) is 11.4 Å². The molecule has 70 valence electrons. The van der Waals surface area contributed by atoms with Gasteiger partial charge in [0, 0.05) is 6.08 Å². The number of nitriles is 1. The molecule has 0 saturated heterocycles. The van der Waals surface area contributed by atoms with Crippen LogP contribution in [0.4, 0.5) is 5.69 Å². The lowest BCUT2D eigenvalue weighted by atomic mass is 10.1. The highest BCUT2D eigenvalue weighted by Gasteiger charge is 2.17. The number of fused-ring (bicyclic) bond motifs is 1. The summed E-state index contributed by atoms with van der Waals surface area (Å²) in [6, 6.07) is 4.97. The second-order valence-electron chi connectivity index (χ2n) is 2.85. The highest BCUT2D eigenvalue weighted by molar-refractivity contribution is 5.73. The number of nitrogens with one attached hydrogen (secondary N) is 1. The summed E-state index contributed by atoms with van der Waals surface area (Å²) in [5.41, 5.74) is 1.02. The average molecular weight is 189 g/mol. The molecule has 1 unspecified atom stereocenters. The molecule has 1 aliphatic rings. The summed E-state index contributed by atoms with van der Waals surface area (Å²) in [5, 5.41) is 29.9. The molecule has 1 aromatic rings. The van der Waals surface area contributed by atoms with Crippen LogP contribution >= 0.6 is 0 Å². The molecule has 3 N–H and O–H groups in total. The van der Waals surface area contributed by atoms with Gasteiger partial charge in [0.15, 0.2) is 0 Å².